The quantitative estimate of drug-likeness (QED) is 0.540. The van der Waals surface area contributed by atoms with Gasteiger partial charge in [-0.3, -0.25) is 4.79 Å². The molecule has 0 fully saturated rings. The number of tetrazole rings is 1. The maximum atomic E-state index is 11.1. The third-order valence-corrected chi connectivity index (χ3v) is 2.84. The standard InChI is InChI=1S/C8H10N6O3S/c1-5-9-10-6(17-5)4-18-8-11-12-13-14(8)3-7(15)16-2/h3-4H2,1-2H3. The van der Waals surface area contributed by atoms with E-state index in [1.54, 1.807) is 6.92 Å². The van der Waals surface area contributed by atoms with Crippen molar-refractivity contribution in [1.29, 1.82) is 0 Å². The molecular formula is C8H10N6O3S. The van der Waals surface area contributed by atoms with Gasteiger partial charge in [-0.2, -0.15) is 0 Å². The van der Waals surface area contributed by atoms with E-state index in [0.717, 1.165) is 0 Å². The van der Waals surface area contributed by atoms with E-state index < -0.39 is 5.97 Å². The summed E-state index contributed by atoms with van der Waals surface area (Å²) in [6.07, 6.45) is 0. The molecule has 96 valence electrons. The molecule has 2 aromatic heterocycles. The number of carbonyl (C=O) groups excluding carboxylic acids is 1. The topological polar surface area (TPSA) is 109 Å². The number of hydrogen-bond donors (Lipinski definition) is 0. The Morgan fingerprint density at radius 1 is 1.44 bits per heavy atom. The van der Waals surface area contributed by atoms with Crippen molar-refractivity contribution in [1.82, 2.24) is 30.4 Å². The maximum absolute atomic E-state index is 11.1. The molecule has 0 aromatic carbocycles. The van der Waals surface area contributed by atoms with E-state index in [1.807, 2.05) is 0 Å². The van der Waals surface area contributed by atoms with Gasteiger partial charge in [0.1, 0.15) is 6.54 Å². The zero-order valence-electron chi connectivity index (χ0n) is 9.73. The lowest BCUT2D eigenvalue weighted by Crippen LogP contribution is -2.13. The number of ether oxygens (including phenoxy) is 1. The van der Waals surface area contributed by atoms with Gasteiger partial charge in [-0.15, -0.1) is 15.3 Å². The molecule has 0 N–H and O–H groups in total. The van der Waals surface area contributed by atoms with Crippen molar-refractivity contribution in [3.05, 3.63) is 11.8 Å². The maximum Gasteiger partial charge on any atom is 0.327 e. The van der Waals surface area contributed by atoms with Crippen molar-refractivity contribution >= 4 is 17.7 Å². The van der Waals surface area contributed by atoms with Gasteiger partial charge in [-0.1, -0.05) is 11.8 Å². The van der Waals surface area contributed by atoms with Gasteiger partial charge in [0.2, 0.25) is 16.9 Å². The van der Waals surface area contributed by atoms with Crippen LogP contribution in [0.15, 0.2) is 9.57 Å². The second kappa shape index (κ2) is 5.58. The highest BCUT2D eigenvalue weighted by Gasteiger charge is 2.12. The molecule has 9 nitrogen and oxygen atoms in total. The number of thioether (sulfide) groups is 1. The molecule has 0 saturated carbocycles. The third-order valence-electron chi connectivity index (χ3n) is 1.90. The van der Waals surface area contributed by atoms with Crippen molar-refractivity contribution < 1.29 is 13.9 Å². The van der Waals surface area contributed by atoms with E-state index in [1.165, 1.54) is 23.6 Å². The van der Waals surface area contributed by atoms with Crippen LogP contribution in [0.25, 0.3) is 0 Å². The summed E-state index contributed by atoms with van der Waals surface area (Å²) < 4.78 is 11.1. The Bertz CT molecular complexity index is 538. The molecule has 0 unspecified atom stereocenters. The van der Waals surface area contributed by atoms with Crippen LogP contribution in [0.1, 0.15) is 11.8 Å². The Hall–Kier alpha value is -1.97. The summed E-state index contributed by atoms with van der Waals surface area (Å²) in [6.45, 7) is 1.68. The van der Waals surface area contributed by atoms with Crippen LogP contribution in [0.4, 0.5) is 0 Å². The first-order chi connectivity index (χ1) is 8.69. The highest BCUT2D eigenvalue weighted by molar-refractivity contribution is 7.98. The predicted octanol–water partition coefficient (Wildman–Crippen LogP) is -0.170. The SMILES string of the molecule is COC(=O)Cn1nnnc1SCc1nnc(C)o1. The van der Waals surface area contributed by atoms with Crippen LogP contribution in [0.5, 0.6) is 0 Å². The van der Waals surface area contributed by atoms with Crippen molar-refractivity contribution in [2.75, 3.05) is 7.11 Å². The normalized spacial score (nSPS) is 10.6. The van der Waals surface area contributed by atoms with Crippen molar-refractivity contribution in [3.8, 4) is 0 Å². The van der Waals surface area contributed by atoms with Crippen LogP contribution in [0.2, 0.25) is 0 Å². The van der Waals surface area contributed by atoms with Crippen LogP contribution >= 0.6 is 11.8 Å². The number of esters is 1. The molecule has 18 heavy (non-hydrogen) atoms. The van der Waals surface area contributed by atoms with Gasteiger partial charge >= 0.3 is 5.97 Å². The zero-order chi connectivity index (χ0) is 13.0. The number of rotatable bonds is 5. The lowest BCUT2D eigenvalue weighted by atomic mass is 10.7. The van der Waals surface area contributed by atoms with Crippen LogP contribution in [-0.4, -0.2) is 43.5 Å². The smallest absolute Gasteiger partial charge is 0.327 e. The van der Waals surface area contributed by atoms with Gasteiger partial charge in [0.15, 0.2) is 0 Å². The molecule has 0 atom stereocenters. The second-order valence-electron chi connectivity index (χ2n) is 3.20. The van der Waals surface area contributed by atoms with E-state index in [-0.39, 0.29) is 6.54 Å². The van der Waals surface area contributed by atoms with E-state index in [2.05, 4.69) is 30.5 Å². The molecule has 10 heteroatoms. The molecule has 0 aliphatic heterocycles. The molecule has 2 rings (SSSR count). The predicted molar refractivity (Wildman–Crippen MR) is 58.4 cm³/mol. The molecule has 0 bridgehead atoms. The summed E-state index contributed by atoms with van der Waals surface area (Å²) in [7, 11) is 1.31. The molecule has 0 saturated heterocycles. The average Bonchev–Trinajstić information content (AvgIpc) is 2.96. The molecule has 0 spiro atoms. The van der Waals surface area contributed by atoms with Gasteiger partial charge in [0, 0.05) is 6.92 Å². The minimum atomic E-state index is -0.419. The zero-order valence-corrected chi connectivity index (χ0v) is 10.5. The summed E-state index contributed by atoms with van der Waals surface area (Å²) in [5.74, 6) is 0.991. The number of aromatic nitrogens is 6. The largest absolute Gasteiger partial charge is 0.468 e. The molecule has 0 aliphatic rings. The van der Waals surface area contributed by atoms with Gasteiger partial charge in [0.25, 0.3) is 0 Å². The van der Waals surface area contributed by atoms with Crippen molar-refractivity contribution in [3.63, 3.8) is 0 Å². The molecule has 0 amide bonds. The van der Waals surface area contributed by atoms with Crippen LogP contribution in [0, 0.1) is 6.92 Å². The van der Waals surface area contributed by atoms with E-state index in [4.69, 9.17) is 4.42 Å². The number of methoxy groups -OCH3 is 1. The molecule has 0 radical (unpaired) electrons. The van der Waals surface area contributed by atoms with Crippen molar-refractivity contribution in [2.45, 2.75) is 24.4 Å². The Morgan fingerprint density at radius 2 is 2.28 bits per heavy atom. The van der Waals surface area contributed by atoms with Gasteiger partial charge in [-0.25, -0.2) is 4.68 Å². The van der Waals surface area contributed by atoms with Crippen molar-refractivity contribution in [2.24, 2.45) is 0 Å². The van der Waals surface area contributed by atoms with Crippen LogP contribution in [-0.2, 0) is 21.8 Å². The monoisotopic (exact) mass is 270 g/mol. The minimum absolute atomic E-state index is 0.0330. The molecule has 2 aromatic rings. The summed E-state index contributed by atoms with van der Waals surface area (Å²) in [5.41, 5.74) is 0. The minimum Gasteiger partial charge on any atom is -0.468 e. The lowest BCUT2D eigenvalue weighted by Gasteiger charge is -2.01. The fourth-order valence-corrected chi connectivity index (χ4v) is 1.82. The average molecular weight is 270 g/mol. The number of nitrogens with zero attached hydrogens (tertiary/aromatic N) is 6. The first kappa shape index (κ1) is 12.5. The Labute approximate surface area is 106 Å². The fourth-order valence-electron chi connectivity index (χ4n) is 1.11. The Kier molecular flexibility index (Phi) is 3.87. The summed E-state index contributed by atoms with van der Waals surface area (Å²) >= 11 is 1.30. The van der Waals surface area contributed by atoms with Gasteiger partial charge in [0.05, 0.1) is 12.9 Å². The first-order valence-electron chi connectivity index (χ1n) is 4.94. The Morgan fingerprint density at radius 3 is 2.94 bits per heavy atom. The van der Waals surface area contributed by atoms with Gasteiger partial charge < -0.3 is 9.15 Å². The van der Waals surface area contributed by atoms with Crippen LogP contribution in [0.3, 0.4) is 0 Å². The van der Waals surface area contributed by atoms with E-state index >= 15 is 0 Å². The lowest BCUT2D eigenvalue weighted by molar-refractivity contribution is -0.141. The second-order valence-corrected chi connectivity index (χ2v) is 4.14. The Balaban J connectivity index is 1.97. The number of carbonyl (C=O) groups is 1. The summed E-state index contributed by atoms with van der Waals surface area (Å²) in [4.78, 5) is 11.1. The number of hydrogen-bond acceptors (Lipinski definition) is 9. The summed E-state index contributed by atoms with van der Waals surface area (Å²) in [6, 6.07) is 0. The number of aryl methyl sites for hydroxylation is 1. The molecular weight excluding hydrogens is 260 g/mol. The van der Waals surface area contributed by atoms with E-state index in [9.17, 15) is 4.79 Å². The highest BCUT2D eigenvalue weighted by atomic mass is 32.2. The first-order valence-corrected chi connectivity index (χ1v) is 5.92. The third kappa shape index (κ3) is 3.03. The fraction of sp³-hybridized carbons (Fsp3) is 0.500. The molecule has 2 heterocycles. The van der Waals surface area contributed by atoms with Crippen LogP contribution < -0.4 is 0 Å². The van der Waals surface area contributed by atoms with Gasteiger partial charge in [-0.05, 0) is 10.4 Å². The van der Waals surface area contributed by atoms with E-state index in [0.29, 0.717) is 22.7 Å². The summed E-state index contributed by atoms with van der Waals surface area (Å²) in [5, 5.41) is 19.0. The molecule has 0 aliphatic carbocycles. The highest BCUT2D eigenvalue weighted by Crippen LogP contribution is 2.18.